The minimum atomic E-state index is -0.495. The first kappa shape index (κ1) is 38.8. The van der Waals surface area contributed by atoms with Crippen molar-refractivity contribution in [1.82, 2.24) is 9.97 Å². The highest BCUT2D eigenvalue weighted by Crippen LogP contribution is 2.42. The maximum atomic E-state index is 14.7. The molecule has 12 nitrogen and oxygen atoms in total. The van der Waals surface area contributed by atoms with E-state index in [1.807, 2.05) is 0 Å². The van der Waals surface area contributed by atoms with Crippen molar-refractivity contribution in [2.24, 2.45) is 0 Å². The van der Waals surface area contributed by atoms with Crippen LogP contribution in [0.4, 0.5) is 22.7 Å². The molecule has 320 valence electrons. The predicted octanol–water partition coefficient (Wildman–Crippen LogP) is 9.49. The van der Waals surface area contributed by atoms with Gasteiger partial charge in [-0.3, -0.25) is 38.4 Å². The summed E-state index contributed by atoms with van der Waals surface area (Å²) < 4.78 is 0. The number of pyridine rings is 2. The molecule has 0 unspecified atom stereocenters. The van der Waals surface area contributed by atoms with Gasteiger partial charge in [0, 0.05) is 66.0 Å². The van der Waals surface area contributed by atoms with Crippen LogP contribution in [0, 0.1) is 0 Å². The predicted molar refractivity (Wildman–Crippen MR) is 257 cm³/mol. The topological polar surface area (TPSA) is 192 Å². The normalized spacial score (nSPS) is 13.6. The smallest absolute Gasteiger partial charge is 0.197 e. The van der Waals surface area contributed by atoms with Crippen molar-refractivity contribution in [1.29, 1.82) is 0 Å². The van der Waals surface area contributed by atoms with Crippen LogP contribution in [-0.2, 0) is 0 Å². The van der Waals surface area contributed by atoms with E-state index in [0.717, 1.165) is 0 Å². The number of nitrogens with one attached hydrogen (secondary N) is 4. The average molecular weight is 885 g/mol. The molecular formula is C56H28N4O8. The third kappa shape index (κ3) is 5.19. The van der Waals surface area contributed by atoms with Crippen LogP contribution in [0.25, 0.3) is 43.6 Å². The Labute approximate surface area is 381 Å². The molecule has 68 heavy (non-hydrogen) atoms. The van der Waals surface area contributed by atoms with Crippen LogP contribution in [-0.4, -0.2) is 44.7 Å². The number of para-hydroxylation sites is 2. The number of carbonyl (C=O) groups excluding carboxylic acids is 6. The zero-order valence-electron chi connectivity index (χ0n) is 35.1. The summed E-state index contributed by atoms with van der Waals surface area (Å²) in [5, 5.41) is 7.89. The fourth-order valence-corrected chi connectivity index (χ4v) is 10.3. The number of aromatic amines is 2. The van der Waals surface area contributed by atoms with Crippen LogP contribution < -0.4 is 21.5 Å². The molecule has 0 bridgehead atoms. The van der Waals surface area contributed by atoms with E-state index in [-0.39, 0.29) is 122 Å². The lowest BCUT2D eigenvalue weighted by atomic mass is 9.80. The molecule has 0 saturated carbocycles. The summed E-state index contributed by atoms with van der Waals surface area (Å²) in [6, 6.07) is 39.0. The highest BCUT2D eigenvalue weighted by molar-refractivity contribution is 6.36. The molecule has 3 aliphatic carbocycles. The van der Waals surface area contributed by atoms with Crippen molar-refractivity contribution in [3.63, 3.8) is 0 Å². The Kier molecular flexibility index (Phi) is 7.93. The minimum absolute atomic E-state index is 0.0534. The van der Waals surface area contributed by atoms with E-state index in [9.17, 15) is 38.4 Å². The molecule has 0 aliphatic heterocycles. The Bertz CT molecular complexity index is 4000. The van der Waals surface area contributed by atoms with E-state index < -0.39 is 34.7 Å². The lowest BCUT2D eigenvalue weighted by Gasteiger charge is -2.26. The van der Waals surface area contributed by atoms with E-state index in [1.54, 1.807) is 121 Å². The number of H-pyrrole nitrogens is 2. The van der Waals surface area contributed by atoms with Gasteiger partial charge < -0.3 is 20.6 Å². The van der Waals surface area contributed by atoms with Gasteiger partial charge >= 0.3 is 0 Å². The van der Waals surface area contributed by atoms with E-state index in [2.05, 4.69) is 20.6 Å². The third-order valence-electron chi connectivity index (χ3n) is 13.4. The lowest BCUT2D eigenvalue weighted by Crippen LogP contribution is -2.25. The number of carbonyl (C=O) groups is 6. The summed E-state index contributed by atoms with van der Waals surface area (Å²) >= 11 is 0. The van der Waals surface area contributed by atoms with Crippen molar-refractivity contribution in [3.8, 4) is 0 Å². The molecule has 0 fully saturated rings. The molecule has 0 atom stereocenters. The van der Waals surface area contributed by atoms with Crippen LogP contribution >= 0.6 is 0 Å². The second-order valence-corrected chi connectivity index (χ2v) is 17.0. The van der Waals surface area contributed by atoms with Crippen molar-refractivity contribution < 1.29 is 28.8 Å². The van der Waals surface area contributed by atoms with Gasteiger partial charge in [-0.15, -0.1) is 0 Å². The van der Waals surface area contributed by atoms with Crippen molar-refractivity contribution >= 4 is 101 Å². The van der Waals surface area contributed by atoms with Crippen molar-refractivity contribution in [2.75, 3.05) is 10.6 Å². The Hall–Kier alpha value is -9.68. The molecule has 12 heteroatoms. The van der Waals surface area contributed by atoms with E-state index in [1.165, 1.54) is 24.3 Å². The molecular weight excluding hydrogens is 857 g/mol. The van der Waals surface area contributed by atoms with Gasteiger partial charge in [0.15, 0.2) is 45.6 Å². The number of anilines is 4. The highest BCUT2D eigenvalue weighted by atomic mass is 16.2. The van der Waals surface area contributed by atoms with Gasteiger partial charge in [-0.05, 0) is 72.8 Å². The largest absolute Gasteiger partial charge is 0.354 e. The van der Waals surface area contributed by atoms with Crippen LogP contribution in [0.2, 0.25) is 0 Å². The Balaban J connectivity index is 0.857. The molecule has 8 aromatic carbocycles. The first-order valence-electron chi connectivity index (χ1n) is 21.6. The molecule has 10 aromatic rings. The van der Waals surface area contributed by atoms with E-state index in [4.69, 9.17) is 0 Å². The molecule has 2 heterocycles. The van der Waals surface area contributed by atoms with Gasteiger partial charge in [-0.25, -0.2) is 0 Å². The summed E-state index contributed by atoms with van der Waals surface area (Å²) in [7, 11) is 0. The lowest BCUT2D eigenvalue weighted by molar-refractivity contribution is 0.0980. The second kappa shape index (κ2) is 13.9. The number of hydrogen-bond donors (Lipinski definition) is 4. The summed E-state index contributed by atoms with van der Waals surface area (Å²) in [6.45, 7) is 0. The maximum Gasteiger partial charge on any atom is 0.197 e. The van der Waals surface area contributed by atoms with Gasteiger partial charge in [-0.1, -0.05) is 72.8 Å². The minimum Gasteiger partial charge on any atom is -0.354 e. The highest BCUT2D eigenvalue weighted by Gasteiger charge is 2.38. The Morgan fingerprint density at radius 3 is 0.897 bits per heavy atom. The molecule has 0 amide bonds. The standard InChI is InChI=1S/C56H28N4O8/c61-49-25-9-1-3-15-35(25)59-47-33(49)23-21-31-45(47)55(67)29-13-7-19-39(43(29)53(31)65)57-37-17-5-11-27-41(37)51(63)28-12-6-18-38(42(28)52(27)64)58-40-20-8-14-30-44(40)54(66)32-22-24-34-48(46(32)56(30)68)60-36-16-4-2-10-26(36)50(34)62/h1-24,57-58H,(H,59,61)(H,60,62). The Morgan fingerprint density at radius 2 is 0.559 bits per heavy atom. The summed E-state index contributed by atoms with van der Waals surface area (Å²) in [5.74, 6) is -2.84. The molecule has 13 rings (SSSR count). The van der Waals surface area contributed by atoms with E-state index in [0.29, 0.717) is 21.8 Å². The number of hydrogen-bond acceptors (Lipinski definition) is 10. The third-order valence-corrected chi connectivity index (χ3v) is 13.4. The zero-order chi connectivity index (χ0) is 46.3. The fraction of sp³-hybridized carbons (Fsp3) is 0. The van der Waals surface area contributed by atoms with Crippen LogP contribution in [0.5, 0.6) is 0 Å². The molecule has 0 radical (unpaired) electrons. The summed E-state index contributed by atoms with van der Waals surface area (Å²) in [6.07, 6.45) is 0. The molecule has 3 aliphatic rings. The quantitative estimate of drug-likeness (QED) is 0.124. The van der Waals surface area contributed by atoms with Gasteiger partial charge in [0.2, 0.25) is 0 Å². The van der Waals surface area contributed by atoms with Gasteiger partial charge in [-0.2, -0.15) is 0 Å². The molecule has 0 saturated heterocycles. The first-order valence-corrected chi connectivity index (χ1v) is 21.6. The monoisotopic (exact) mass is 884 g/mol. The molecule has 0 spiro atoms. The zero-order valence-corrected chi connectivity index (χ0v) is 35.1. The van der Waals surface area contributed by atoms with Gasteiger partial charge in [0.1, 0.15) is 0 Å². The number of fused-ring (bicyclic) bond motifs is 12. The molecule has 2 aromatic heterocycles. The first-order chi connectivity index (χ1) is 33.1. The second-order valence-electron chi connectivity index (χ2n) is 17.0. The van der Waals surface area contributed by atoms with Crippen LogP contribution in [0.15, 0.2) is 155 Å². The van der Waals surface area contributed by atoms with Crippen LogP contribution in [0.1, 0.15) is 95.5 Å². The number of ketones is 6. The van der Waals surface area contributed by atoms with E-state index >= 15 is 0 Å². The number of benzene rings is 8. The molecule has 4 N–H and O–H groups in total. The number of aromatic nitrogens is 2. The van der Waals surface area contributed by atoms with Gasteiger partial charge in [0.05, 0.1) is 67.2 Å². The van der Waals surface area contributed by atoms with Gasteiger partial charge in [0.25, 0.3) is 0 Å². The summed E-state index contributed by atoms with van der Waals surface area (Å²) in [4.78, 5) is 120. The number of rotatable bonds is 4. The maximum absolute atomic E-state index is 14.7. The Morgan fingerprint density at radius 1 is 0.265 bits per heavy atom. The van der Waals surface area contributed by atoms with Crippen molar-refractivity contribution in [3.05, 3.63) is 233 Å². The SMILES string of the molecule is O=C1c2cccc(Nc3cccc4c3C(=O)c3ccc5c(=O)c6ccccc6[nH]c5c3C4=O)c2C(=O)c2cccc(Nc3cccc4c3C(=O)c3ccc5c(=O)c6ccccc6[nH]c5c3C4=O)c21. The van der Waals surface area contributed by atoms with Crippen molar-refractivity contribution in [2.45, 2.75) is 0 Å². The summed E-state index contributed by atoms with van der Waals surface area (Å²) in [5.41, 5.74) is 2.97. The fourth-order valence-electron chi connectivity index (χ4n) is 10.3. The average Bonchev–Trinajstić information content (AvgIpc) is 3.36. The van der Waals surface area contributed by atoms with Crippen LogP contribution in [0.3, 0.4) is 0 Å².